The number of fused-ring (bicyclic) bond motifs is 1. The summed E-state index contributed by atoms with van der Waals surface area (Å²) in [6.45, 7) is 4.39. The van der Waals surface area contributed by atoms with Crippen molar-refractivity contribution in [2.75, 3.05) is 11.5 Å². The van der Waals surface area contributed by atoms with Crippen molar-refractivity contribution in [3.63, 3.8) is 0 Å². The molecule has 30 heavy (non-hydrogen) atoms. The van der Waals surface area contributed by atoms with Crippen molar-refractivity contribution in [3.8, 4) is 0 Å². The number of nitrogens with zero attached hydrogens (tertiary/aromatic N) is 3. The Morgan fingerprint density at radius 3 is 2.53 bits per heavy atom. The van der Waals surface area contributed by atoms with E-state index in [1.807, 2.05) is 37.0 Å². The van der Waals surface area contributed by atoms with E-state index in [-0.39, 0.29) is 17.5 Å². The fraction of sp³-hybridized carbons (Fsp3) is 0.500. The molecule has 0 radical (unpaired) electrons. The highest BCUT2D eigenvalue weighted by atomic mass is 32.2. The highest BCUT2D eigenvalue weighted by molar-refractivity contribution is 7.99. The Kier molecular flexibility index (Phi) is 6.23. The van der Waals surface area contributed by atoms with Gasteiger partial charge in [-0.3, -0.25) is 4.79 Å². The number of hydrogen-bond donors (Lipinski definition) is 1. The molecule has 3 aromatic rings. The van der Waals surface area contributed by atoms with Crippen molar-refractivity contribution in [3.05, 3.63) is 54.6 Å². The third kappa shape index (κ3) is 4.29. The van der Waals surface area contributed by atoms with Gasteiger partial charge in [0.15, 0.2) is 0 Å². The Hall–Kier alpha value is -2.21. The van der Waals surface area contributed by atoms with Crippen LogP contribution in [0.1, 0.15) is 51.4 Å². The van der Waals surface area contributed by atoms with Crippen LogP contribution in [0.3, 0.4) is 0 Å². The number of carbonyl (C=O) groups is 1. The Morgan fingerprint density at radius 1 is 1.17 bits per heavy atom. The van der Waals surface area contributed by atoms with Gasteiger partial charge in [-0.25, -0.2) is 4.98 Å². The van der Waals surface area contributed by atoms with Crippen molar-refractivity contribution in [2.45, 2.75) is 51.1 Å². The molecular formula is C24H32N4OS. The fourth-order valence-electron chi connectivity index (χ4n) is 4.65. The smallest absolute Gasteiger partial charge is 0.222 e. The lowest BCUT2D eigenvalue weighted by atomic mass is 9.87. The largest absolute Gasteiger partial charge is 0.348 e. The predicted molar refractivity (Wildman–Crippen MR) is 125 cm³/mol. The van der Waals surface area contributed by atoms with Gasteiger partial charge in [0, 0.05) is 19.4 Å². The molecule has 1 fully saturated rings. The first kappa shape index (κ1) is 21.0. The van der Waals surface area contributed by atoms with E-state index < -0.39 is 0 Å². The van der Waals surface area contributed by atoms with Gasteiger partial charge in [0.2, 0.25) is 5.91 Å². The summed E-state index contributed by atoms with van der Waals surface area (Å²) in [6.07, 6.45) is 7.67. The third-order valence-electron chi connectivity index (χ3n) is 6.24. The number of para-hydroxylation sites is 2. The number of amides is 1. The summed E-state index contributed by atoms with van der Waals surface area (Å²) in [6, 6.07) is 12.2. The zero-order chi connectivity index (χ0) is 21.1. The van der Waals surface area contributed by atoms with Crippen molar-refractivity contribution >= 4 is 28.7 Å². The number of rotatable bonds is 7. The van der Waals surface area contributed by atoms with E-state index in [0.29, 0.717) is 12.3 Å². The maximum absolute atomic E-state index is 13.3. The molecule has 5 nitrogen and oxygen atoms in total. The van der Waals surface area contributed by atoms with Gasteiger partial charge < -0.3 is 14.5 Å². The highest BCUT2D eigenvalue weighted by Crippen LogP contribution is 2.37. The van der Waals surface area contributed by atoms with Crippen LogP contribution in [0.15, 0.2) is 48.8 Å². The molecule has 1 aliphatic rings. The number of benzene rings is 1. The molecule has 6 heteroatoms. The molecule has 0 aliphatic carbocycles. The van der Waals surface area contributed by atoms with E-state index in [0.717, 1.165) is 47.6 Å². The summed E-state index contributed by atoms with van der Waals surface area (Å²) in [4.78, 5) is 18.2. The topological polar surface area (TPSA) is 51.9 Å². The quantitative estimate of drug-likeness (QED) is 0.587. The zero-order valence-corrected chi connectivity index (χ0v) is 19.0. The Labute approximate surface area is 183 Å². The van der Waals surface area contributed by atoms with Crippen LogP contribution < -0.4 is 5.32 Å². The molecule has 1 atom stereocenters. The first-order valence-corrected chi connectivity index (χ1v) is 12.1. The average Bonchev–Trinajstić information content (AvgIpc) is 3.37. The molecule has 0 saturated carbocycles. The second-order valence-electron chi connectivity index (χ2n) is 8.87. The summed E-state index contributed by atoms with van der Waals surface area (Å²) in [5.41, 5.74) is 1.96. The normalized spacial score (nSPS) is 17.3. The molecule has 4 rings (SSSR count). The van der Waals surface area contributed by atoms with E-state index in [4.69, 9.17) is 4.98 Å². The molecule has 0 bridgehead atoms. The molecule has 1 amide bonds. The summed E-state index contributed by atoms with van der Waals surface area (Å²) >= 11 is 1.99. The van der Waals surface area contributed by atoms with Crippen LogP contribution in [0, 0.1) is 5.92 Å². The Morgan fingerprint density at radius 2 is 1.87 bits per heavy atom. The monoisotopic (exact) mass is 424 g/mol. The molecule has 1 N–H and O–H groups in total. The molecule has 1 saturated heterocycles. The lowest BCUT2D eigenvalue weighted by Gasteiger charge is -2.38. The van der Waals surface area contributed by atoms with Gasteiger partial charge in [-0.05, 0) is 61.0 Å². The minimum Gasteiger partial charge on any atom is -0.348 e. The minimum absolute atomic E-state index is 0.0884. The summed E-state index contributed by atoms with van der Waals surface area (Å²) < 4.78 is 4.39. The molecule has 3 heterocycles. The summed E-state index contributed by atoms with van der Waals surface area (Å²) in [5, 5.41) is 3.36. The second-order valence-corrected chi connectivity index (χ2v) is 10.1. The molecule has 0 spiro atoms. The van der Waals surface area contributed by atoms with Gasteiger partial charge in [-0.1, -0.05) is 26.0 Å². The van der Waals surface area contributed by atoms with E-state index >= 15 is 0 Å². The molecule has 2 aromatic heterocycles. The fourth-order valence-corrected chi connectivity index (χ4v) is 5.90. The summed E-state index contributed by atoms with van der Waals surface area (Å²) in [7, 11) is 2.05. The number of hydrogen-bond acceptors (Lipinski definition) is 3. The number of carbonyl (C=O) groups excluding carboxylic acids is 1. The van der Waals surface area contributed by atoms with Gasteiger partial charge in [0.05, 0.1) is 29.0 Å². The number of aromatic nitrogens is 3. The minimum atomic E-state index is -0.117. The first-order chi connectivity index (χ1) is 14.5. The van der Waals surface area contributed by atoms with E-state index in [9.17, 15) is 4.79 Å². The number of nitrogens with one attached hydrogen (secondary N) is 1. The van der Waals surface area contributed by atoms with E-state index in [1.165, 1.54) is 0 Å². The second kappa shape index (κ2) is 8.88. The Bertz CT molecular complexity index is 986. The highest BCUT2D eigenvalue weighted by Gasteiger charge is 2.36. The molecule has 1 unspecified atom stereocenters. The molecule has 1 aromatic carbocycles. The maximum atomic E-state index is 13.3. The maximum Gasteiger partial charge on any atom is 0.222 e. The average molecular weight is 425 g/mol. The zero-order valence-electron chi connectivity index (χ0n) is 18.2. The van der Waals surface area contributed by atoms with Crippen molar-refractivity contribution in [1.82, 2.24) is 19.4 Å². The van der Waals surface area contributed by atoms with Gasteiger partial charge in [-0.2, -0.15) is 11.8 Å². The number of aryl methyl sites for hydroxylation is 1. The van der Waals surface area contributed by atoms with Crippen LogP contribution in [-0.4, -0.2) is 31.5 Å². The van der Waals surface area contributed by atoms with Crippen LogP contribution in [0.25, 0.3) is 11.0 Å². The van der Waals surface area contributed by atoms with Crippen molar-refractivity contribution in [2.24, 2.45) is 13.0 Å². The van der Waals surface area contributed by atoms with Crippen LogP contribution in [-0.2, 0) is 17.4 Å². The Balaban J connectivity index is 1.58. The van der Waals surface area contributed by atoms with Crippen LogP contribution in [0.2, 0.25) is 0 Å². The van der Waals surface area contributed by atoms with Gasteiger partial charge in [-0.15, -0.1) is 0 Å². The van der Waals surface area contributed by atoms with Gasteiger partial charge >= 0.3 is 0 Å². The van der Waals surface area contributed by atoms with Crippen LogP contribution in [0.5, 0.6) is 0 Å². The molecule has 160 valence electrons. The SMILES string of the molecule is CC(C)CC(NC(=O)CC1(n2cccc2)CCSCC1)c1nc2ccccc2n1C. The van der Waals surface area contributed by atoms with E-state index in [2.05, 4.69) is 58.9 Å². The summed E-state index contributed by atoms with van der Waals surface area (Å²) in [5.74, 6) is 3.72. The van der Waals surface area contributed by atoms with Gasteiger partial charge in [0.1, 0.15) is 5.82 Å². The standard InChI is InChI=1S/C24H32N4OS/c1-18(2)16-20(23-26-19-8-4-5-9-21(19)27(23)3)25-22(29)17-24(10-14-30-15-11-24)28-12-6-7-13-28/h4-9,12-13,18,20H,10-11,14-17H2,1-3H3,(H,25,29). The van der Waals surface area contributed by atoms with Gasteiger partial charge in [0.25, 0.3) is 0 Å². The van der Waals surface area contributed by atoms with Crippen molar-refractivity contribution in [1.29, 1.82) is 0 Å². The lowest BCUT2D eigenvalue weighted by Crippen LogP contribution is -2.43. The molecular weight excluding hydrogens is 392 g/mol. The van der Waals surface area contributed by atoms with E-state index in [1.54, 1.807) is 0 Å². The third-order valence-corrected chi connectivity index (χ3v) is 7.23. The van der Waals surface area contributed by atoms with Crippen LogP contribution >= 0.6 is 11.8 Å². The number of imidazole rings is 1. The van der Waals surface area contributed by atoms with Crippen LogP contribution in [0.4, 0.5) is 0 Å². The first-order valence-electron chi connectivity index (χ1n) is 10.9. The lowest BCUT2D eigenvalue weighted by molar-refractivity contribution is -0.124. The predicted octanol–water partition coefficient (Wildman–Crippen LogP) is 4.89. The van der Waals surface area contributed by atoms with Crippen molar-refractivity contribution < 1.29 is 4.79 Å². The number of thioether (sulfide) groups is 1. The molecule has 1 aliphatic heterocycles.